The number of methoxy groups -OCH3 is 3. The first-order valence-corrected chi connectivity index (χ1v) is 9.14. The molecule has 1 unspecified atom stereocenters. The fourth-order valence-corrected chi connectivity index (χ4v) is 2.57. The maximum Gasteiger partial charge on any atom is 0.262 e. The molecule has 0 aliphatic heterocycles. The monoisotopic (exact) mass is 401 g/mol. The van der Waals surface area contributed by atoms with Gasteiger partial charge in [-0.05, 0) is 50.2 Å². The highest BCUT2D eigenvalue weighted by Gasteiger charge is 2.13. The van der Waals surface area contributed by atoms with Gasteiger partial charge in [-0.15, -0.1) is 0 Å². The van der Waals surface area contributed by atoms with Crippen LogP contribution in [-0.2, 0) is 4.79 Å². The van der Waals surface area contributed by atoms with Gasteiger partial charge in [0.15, 0.2) is 11.5 Å². The predicted octanol–water partition coefficient (Wildman–Crippen LogP) is 3.06. The van der Waals surface area contributed by atoms with Crippen molar-refractivity contribution in [1.29, 1.82) is 0 Å². The predicted molar refractivity (Wildman–Crippen MR) is 113 cm³/mol. The topological polar surface area (TPSA) is 90.4 Å². The van der Waals surface area contributed by atoms with E-state index in [4.69, 9.17) is 18.9 Å². The van der Waals surface area contributed by atoms with Crippen molar-refractivity contribution in [2.24, 2.45) is 5.10 Å². The number of carbonyl (C=O) groups excluding carboxylic acids is 1. The number of hydrazone groups is 1. The average Bonchev–Trinajstić information content (AvgIpc) is 2.74. The van der Waals surface area contributed by atoms with E-state index >= 15 is 0 Å². The van der Waals surface area contributed by atoms with Gasteiger partial charge in [0.1, 0.15) is 11.8 Å². The number of hydrogen-bond acceptors (Lipinski definition) is 7. The van der Waals surface area contributed by atoms with Crippen LogP contribution in [0.2, 0.25) is 0 Å². The van der Waals surface area contributed by atoms with Crippen LogP contribution in [0.5, 0.6) is 23.0 Å². The highest BCUT2D eigenvalue weighted by atomic mass is 16.5. The third-order valence-electron chi connectivity index (χ3n) is 4.02. The minimum Gasteiger partial charge on any atom is -0.494 e. The van der Waals surface area contributed by atoms with Gasteiger partial charge in [-0.2, -0.15) is 5.10 Å². The highest BCUT2D eigenvalue weighted by Crippen LogP contribution is 2.37. The summed E-state index contributed by atoms with van der Waals surface area (Å²) < 4.78 is 21.3. The van der Waals surface area contributed by atoms with Crippen molar-refractivity contribution in [3.63, 3.8) is 0 Å². The summed E-state index contributed by atoms with van der Waals surface area (Å²) in [5.74, 6) is 2.01. The zero-order valence-electron chi connectivity index (χ0n) is 17.3. The van der Waals surface area contributed by atoms with Crippen LogP contribution >= 0.6 is 0 Å². The van der Waals surface area contributed by atoms with E-state index in [0.29, 0.717) is 29.4 Å². The third kappa shape index (κ3) is 6.03. The summed E-state index contributed by atoms with van der Waals surface area (Å²) in [6, 6.07) is 10.4. The van der Waals surface area contributed by atoms with E-state index in [0.717, 1.165) is 11.4 Å². The van der Waals surface area contributed by atoms with Crippen LogP contribution in [0.25, 0.3) is 0 Å². The minimum atomic E-state index is -0.481. The second kappa shape index (κ2) is 10.8. The molecule has 0 aromatic heterocycles. The van der Waals surface area contributed by atoms with Gasteiger partial charge in [0.05, 0.1) is 34.2 Å². The zero-order valence-corrected chi connectivity index (χ0v) is 17.3. The van der Waals surface area contributed by atoms with Crippen LogP contribution in [0, 0.1) is 0 Å². The molecule has 8 heteroatoms. The van der Waals surface area contributed by atoms with Gasteiger partial charge in [0.25, 0.3) is 5.91 Å². The lowest BCUT2D eigenvalue weighted by Crippen LogP contribution is -2.34. The van der Waals surface area contributed by atoms with Crippen molar-refractivity contribution in [1.82, 2.24) is 5.43 Å². The largest absolute Gasteiger partial charge is 0.494 e. The molecule has 2 N–H and O–H groups in total. The van der Waals surface area contributed by atoms with Crippen molar-refractivity contribution in [2.75, 3.05) is 33.3 Å². The van der Waals surface area contributed by atoms with Crippen LogP contribution in [0.15, 0.2) is 41.5 Å². The number of ether oxygens (including phenoxy) is 4. The second-order valence-electron chi connectivity index (χ2n) is 6.02. The molecular formula is C21H27N3O5. The smallest absolute Gasteiger partial charge is 0.262 e. The third-order valence-corrected chi connectivity index (χ3v) is 4.02. The van der Waals surface area contributed by atoms with Gasteiger partial charge in [0.2, 0.25) is 5.75 Å². The van der Waals surface area contributed by atoms with E-state index in [9.17, 15) is 4.79 Å². The summed E-state index contributed by atoms with van der Waals surface area (Å²) in [7, 11) is 4.61. The van der Waals surface area contributed by atoms with Gasteiger partial charge in [-0.25, -0.2) is 5.43 Å². The molecule has 8 nitrogen and oxygen atoms in total. The molecule has 0 heterocycles. The molecule has 0 saturated carbocycles. The maximum absolute atomic E-state index is 12.3. The summed E-state index contributed by atoms with van der Waals surface area (Å²) >= 11 is 0. The van der Waals surface area contributed by atoms with Crippen molar-refractivity contribution in [3.8, 4) is 23.0 Å². The Morgan fingerprint density at radius 2 is 1.69 bits per heavy atom. The molecule has 29 heavy (non-hydrogen) atoms. The Labute approximate surface area is 170 Å². The number of anilines is 1. The van der Waals surface area contributed by atoms with Crippen LogP contribution in [0.4, 0.5) is 5.69 Å². The van der Waals surface area contributed by atoms with Crippen LogP contribution < -0.4 is 29.7 Å². The quantitative estimate of drug-likeness (QED) is 0.470. The van der Waals surface area contributed by atoms with Gasteiger partial charge in [-0.1, -0.05) is 0 Å². The molecular weight excluding hydrogens is 374 g/mol. The fourth-order valence-electron chi connectivity index (χ4n) is 2.57. The van der Waals surface area contributed by atoms with Crippen molar-refractivity contribution < 1.29 is 23.7 Å². The normalized spacial score (nSPS) is 11.6. The Bertz CT molecular complexity index is 812. The number of nitrogens with one attached hydrogen (secondary N) is 2. The molecule has 0 fully saturated rings. The summed E-state index contributed by atoms with van der Waals surface area (Å²) in [6.07, 6.45) is 1.51. The highest BCUT2D eigenvalue weighted by molar-refractivity contribution is 5.87. The minimum absolute atomic E-state index is 0.275. The average molecular weight is 401 g/mol. The lowest BCUT2D eigenvalue weighted by atomic mass is 10.2. The SMILES string of the molecule is CCOc1ccc(NC(C)C(=O)NN=Cc2cc(OC)c(OC)c(OC)c2)cc1. The van der Waals surface area contributed by atoms with E-state index in [1.54, 1.807) is 19.1 Å². The molecule has 1 atom stereocenters. The molecule has 0 spiro atoms. The maximum atomic E-state index is 12.3. The molecule has 1 amide bonds. The first-order valence-electron chi connectivity index (χ1n) is 9.14. The van der Waals surface area contributed by atoms with Crippen LogP contribution in [-0.4, -0.2) is 46.1 Å². The van der Waals surface area contributed by atoms with Crippen LogP contribution in [0.3, 0.4) is 0 Å². The van der Waals surface area contributed by atoms with Crippen LogP contribution in [0.1, 0.15) is 19.4 Å². The Morgan fingerprint density at radius 1 is 1.07 bits per heavy atom. The van der Waals surface area contributed by atoms with Crippen molar-refractivity contribution in [2.45, 2.75) is 19.9 Å². The molecule has 0 aliphatic rings. The Hall–Kier alpha value is -3.42. The molecule has 2 aromatic rings. The van der Waals surface area contributed by atoms with E-state index in [2.05, 4.69) is 15.8 Å². The molecule has 0 saturated heterocycles. The summed E-state index contributed by atoms with van der Waals surface area (Å²) in [5.41, 5.74) is 4.01. The van der Waals surface area contributed by atoms with E-state index in [1.807, 2.05) is 31.2 Å². The number of nitrogens with zero attached hydrogens (tertiary/aromatic N) is 1. The molecule has 0 bridgehead atoms. The van der Waals surface area contributed by atoms with Gasteiger partial charge in [-0.3, -0.25) is 4.79 Å². The van der Waals surface area contributed by atoms with Crippen molar-refractivity contribution >= 4 is 17.8 Å². The molecule has 2 aromatic carbocycles. The molecule has 0 aliphatic carbocycles. The standard InChI is InChI=1S/C21H27N3O5/c1-6-29-17-9-7-16(8-10-17)23-14(2)21(25)24-22-13-15-11-18(26-3)20(28-5)19(12-15)27-4/h7-14,23H,6H2,1-5H3,(H,24,25). The van der Waals surface area contributed by atoms with Gasteiger partial charge < -0.3 is 24.3 Å². The van der Waals surface area contributed by atoms with E-state index < -0.39 is 6.04 Å². The molecule has 156 valence electrons. The molecule has 0 radical (unpaired) electrons. The van der Waals surface area contributed by atoms with E-state index in [1.165, 1.54) is 27.5 Å². The van der Waals surface area contributed by atoms with Crippen molar-refractivity contribution in [3.05, 3.63) is 42.0 Å². The number of amides is 1. The number of benzene rings is 2. The van der Waals surface area contributed by atoms with Gasteiger partial charge in [0, 0.05) is 11.3 Å². The molecule has 2 rings (SSSR count). The Balaban J connectivity index is 1.97. The fraction of sp³-hybridized carbons (Fsp3) is 0.333. The summed E-state index contributed by atoms with van der Waals surface area (Å²) in [5, 5.41) is 7.13. The number of rotatable bonds is 10. The Morgan fingerprint density at radius 3 is 2.21 bits per heavy atom. The second-order valence-corrected chi connectivity index (χ2v) is 6.02. The summed E-state index contributed by atoms with van der Waals surface area (Å²) in [4.78, 5) is 12.3. The zero-order chi connectivity index (χ0) is 21.2. The first kappa shape index (κ1) is 21.9. The van der Waals surface area contributed by atoms with Gasteiger partial charge >= 0.3 is 0 Å². The lowest BCUT2D eigenvalue weighted by molar-refractivity contribution is -0.121. The Kier molecular flexibility index (Phi) is 8.14. The first-order chi connectivity index (χ1) is 14.0. The summed E-state index contributed by atoms with van der Waals surface area (Å²) in [6.45, 7) is 4.29. The number of hydrogen-bond donors (Lipinski definition) is 2. The van der Waals surface area contributed by atoms with E-state index in [-0.39, 0.29) is 5.91 Å². The number of carbonyl (C=O) groups is 1. The lowest BCUT2D eigenvalue weighted by Gasteiger charge is -2.14.